The van der Waals surface area contributed by atoms with Gasteiger partial charge in [0, 0.05) is 13.0 Å². The number of hydrogen-bond donors (Lipinski definition) is 1. The van der Waals surface area contributed by atoms with Crippen molar-refractivity contribution in [3.63, 3.8) is 0 Å². The van der Waals surface area contributed by atoms with E-state index >= 15 is 0 Å². The largest absolute Gasteiger partial charge is 0.387 e. The molecule has 2 atom stereocenters. The number of aliphatic imine (C=N–C) groups is 1. The molecule has 0 fully saturated rings. The highest BCUT2D eigenvalue weighted by Crippen LogP contribution is 2.25. The van der Waals surface area contributed by atoms with Crippen molar-refractivity contribution in [1.29, 1.82) is 0 Å². The number of nitrogens with zero attached hydrogens (tertiary/aromatic N) is 1. The molecule has 1 rings (SSSR count). The van der Waals surface area contributed by atoms with Crippen LogP contribution in [0.4, 0.5) is 0 Å². The summed E-state index contributed by atoms with van der Waals surface area (Å²) in [7, 11) is 0. The zero-order chi connectivity index (χ0) is 9.68. The summed E-state index contributed by atoms with van der Waals surface area (Å²) in [4.78, 5) is 4.33. The van der Waals surface area contributed by atoms with Crippen LogP contribution in [0.25, 0.3) is 0 Å². The molecule has 0 spiro atoms. The Kier molecular flexibility index (Phi) is 4.26. The second-order valence-electron chi connectivity index (χ2n) is 4.27. The topological polar surface area (TPSA) is 38.4 Å². The molecule has 0 aliphatic carbocycles. The highest BCUT2D eigenvalue weighted by atomic mass is 14.9. The fourth-order valence-electron chi connectivity index (χ4n) is 2.01. The summed E-state index contributed by atoms with van der Waals surface area (Å²) in [5.74, 6) is 2.40. The van der Waals surface area contributed by atoms with Gasteiger partial charge < -0.3 is 5.73 Å². The van der Waals surface area contributed by atoms with Crippen LogP contribution in [-0.4, -0.2) is 12.4 Å². The van der Waals surface area contributed by atoms with E-state index in [0.29, 0.717) is 0 Å². The van der Waals surface area contributed by atoms with Crippen LogP contribution in [0.2, 0.25) is 0 Å². The van der Waals surface area contributed by atoms with E-state index in [0.717, 1.165) is 30.6 Å². The molecule has 0 radical (unpaired) electrons. The Balaban J connectivity index is 2.26. The van der Waals surface area contributed by atoms with Gasteiger partial charge >= 0.3 is 0 Å². The first-order valence-electron chi connectivity index (χ1n) is 5.52. The number of amidine groups is 1. The SMILES string of the molecule is CCCCCC1CN=C(N)CC1C. The van der Waals surface area contributed by atoms with Gasteiger partial charge in [0.05, 0.1) is 5.84 Å². The third-order valence-corrected chi connectivity index (χ3v) is 3.04. The summed E-state index contributed by atoms with van der Waals surface area (Å²) in [5, 5.41) is 0. The van der Waals surface area contributed by atoms with Crippen molar-refractivity contribution in [3.05, 3.63) is 0 Å². The van der Waals surface area contributed by atoms with Gasteiger partial charge in [0.1, 0.15) is 0 Å². The molecule has 13 heavy (non-hydrogen) atoms. The molecular weight excluding hydrogens is 160 g/mol. The fraction of sp³-hybridized carbons (Fsp3) is 0.909. The summed E-state index contributed by atoms with van der Waals surface area (Å²) >= 11 is 0. The standard InChI is InChI=1S/C11H22N2/c1-3-4-5-6-10-8-13-11(12)7-9(10)2/h9-10H,3-8H2,1-2H3,(H2,12,13). The van der Waals surface area contributed by atoms with Gasteiger partial charge in [0.25, 0.3) is 0 Å². The Morgan fingerprint density at radius 3 is 2.85 bits per heavy atom. The summed E-state index contributed by atoms with van der Waals surface area (Å²) in [5.41, 5.74) is 5.69. The monoisotopic (exact) mass is 182 g/mol. The molecule has 0 amide bonds. The first-order valence-corrected chi connectivity index (χ1v) is 5.52. The van der Waals surface area contributed by atoms with Crippen molar-refractivity contribution in [2.75, 3.05) is 6.54 Å². The molecule has 2 N–H and O–H groups in total. The minimum atomic E-state index is 0.745. The van der Waals surface area contributed by atoms with Gasteiger partial charge in [-0.2, -0.15) is 0 Å². The van der Waals surface area contributed by atoms with Gasteiger partial charge in [-0.15, -0.1) is 0 Å². The van der Waals surface area contributed by atoms with E-state index in [4.69, 9.17) is 5.73 Å². The van der Waals surface area contributed by atoms with Crippen LogP contribution in [0.3, 0.4) is 0 Å². The normalized spacial score (nSPS) is 28.6. The Hall–Kier alpha value is -0.530. The molecule has 0 saturated heterocycles. The fourth-order valence-corrected chi connectivity index (χ4v) is 2.01. The third-order valence-electron chi connectivity index (χ3n) is 3.04. The quantitative estimate of drug-likeness (QED) is 0.667. The number of nitrogens with two attached hydrogens (primary N) is 1. The maximum absolute atomic E-state index is 5.69. The first kappa shape index (κ1) is 10.6. The molecule has 0 bridgehead atoms. The number of hydrogen-bond acceptors (Lipinski definition) is 2. The van der Waals surface area contributed by atoms with Gasteiger partial charge in [0.15, 0.2) is 0 Å². The molecule has 1 aliphatic rings. The van der Waals surface area contributed by atoms with Crippen LogP contribution in [0.5, 0.6) is 0 Å². The van der Waals surface area contributed by atoms with E-state index in [-0.39, 0.29) is 0 Å². The molecule has 2 nitrogen and oxygen atoms in total. The van der Waals surface area contributed by atoms with Gasteiger partial charge in [-0.3, -0.25) is 4.99 Å². The van der Waals surface area contributed by atoms with Gasteiger partial charge in [0.2, 0.25) is 0 Å². The molecular formula is C11H22N2. The second-order valence-corrected chi connectivity index (χ2v) is 4.27. The summed E-state index contributed by atoms with van der Waals surface area (Å²) in [6, 6.07) is 0. The molecule has 76 valence electrons. The predicted molar refractivity (Wildman–Crippen MR) is 57.9 cm³/mol. The van der Waals surface area contributed by atoms with Crippen molar-refractivity contribution < 1.29 is 0 Å². The van der Waals surface area contributed by atoms with Crippen LogP contribution in [0.1, 0.15) is 46.0 Å². The maximum atomic E-state index is 5.69. The lowest BCUT2D eigenvalue weighted by Gasteiger charge is -2.26. The zero-order valence-corrected chi connectivity index (χ0v) is 8.92. The lowest BCUT2D eigenvalue weighted by molar-refractivity contribution is 0.328. The van der Waals surface area contributed by atoms with Gasteiger partial charge in [-0.05, 0) is 18.3 Å². The molecule has 0 saturated carbocycles. The number of unbranched alkanes of at least 4 members (excludes halogenated alkanes) is 2. The van der Waals surface area contributed by atoms with Gasteiger partial charge in [-0.1, -0.05) is 33.1 Å². The van der Waals surface area contributed by atoms with E-state index in [1.807, 2.05) is 0 Å². The van der Waals surface area contributed by atoms with E-state index < -0.39 is 0 Å². The molecule has 2 heteroatoms. The first-order chi connectivity index (χ1) is 6.24. The highest BCUT2D eigenvalue weighted by Gasteiger charge is 2.21. The average Bonchev–Trinajstić information content (AvgIpc) is 2.09. The lowest BCUT2D eigenvalue weighted by Crippen LogP contribution is -2.28. The molecule has 0 aromatic heterocycles. The maximum Gasteiger partial charge on any atom is 0.0939 e. The van der Waals surface area contributed by atoms with Crippen LogP contribution in [0.15, 0.2) is 4.99 Å². The third kappa shape index (κ3) is 3.37. The Bertz CT molecular complexity index is 175. The van der Waals surface area contributed by atoms with Crippen molar-refractivity contribution in [2.24, 2.45) is 22.6 Å². The Morgan fingerprint density at radius 2 is 2.23 bits per heavy atom. The highest BCUT2D eigenvalue weighted by molar-refractivity contribution is 5.81. The van der Waals surface area contributed by atoms with Crippen molar-refractivity contribution >= 4 is 5.84 Å². The van der Waals surface area contributed by atoms with E-state index in [1.165, 1.54) is 25.7 Å². The Morgan fingerprint density at radius 1 is 1.46 bits per heavy atom. The lowest BCUT2D eigenvalue weighted by atomic mass is 9.85. The molecule has 1 heterocycles. The average molecular weight is 182 g/mol. The van der Waals surface area contributed by atoms with E-state index in [1.54, 1.807) is 0 Å². The van der Waals surface area contributed by atoms with Crippen LogP contribution >= 0.6 is 0 Å². The van der Waals surface area contributed by atoms with Crippen molar-refractivity contribution in [3.8, 4) is 0 Å². The molecule has 2 unspecified atom stereocenters. The van der Waals surface area contributed by atoms with E-state index in [9.17, 15) is 0 Å². The van der Waals surface area contributed by atoms with E-state index in [2.05, 4.69) is 18.8 Å². The summed E-state index contributed by atoms with van der Waals surface area (Å²) in [6.07, 6.45) is 6.39. The minimum absolute atomic E-state index is 0.745. The summed E-state index contributed by atoms with van der Waals surface area (Å²) in [6.45, 7) is 5.52. The smallest absolute Gasteiger partial charge is 0.0939 e. The van der Waals surface area contributed by atoms with Crippen LogP contribution in [-0.2, 0) is 0 Å². The number of rotatable bonds is 4. The second kappa shape index (κ2) is 5.25. The van der Waals surface area contributed by atoms with Crippen LogP contribution < -0.4 is 5.73 Å². The minimum Gasteiger partial charge on any atom is -0.387 e. The predicted octanol–water partition coefficient (Wildman–Crippen LogP) is 2.58. The van der Waals surface area contributed by atoms with Crippen molar-refractivity contribution in [1.82, 2.24) is 0 Å². The Labute approximate surface area is 81.6 Å². The van der Waals surface area contributed by atoms with Gasteiger partial charge in [-0.25, -0.2) is 0 Å². The van der Waals surface area contributed by atoms with Crippen LogP contribution in [0, 0.1) is 11.8 Å². The zero-order valence-electron chi connectivity index (χ0n) is 8.92. The van der Waals surface area contributed by atoms with Crippen molar-refractivity contribution in [2.45, 2.75) is 46.0 Å². The summed E-state index contributed by atoms with van der Waals surface area (Å²) < 4.78 is 0. The molecule has 1 aliphatic heterocycles. The molecule has 0 aromatic rings. The molecule has 0 aromatic carbocycles.